The van der Waals surface area contributed by atoms with Crippen LogP contribution in [-0.4, -0.2) is 4.98 Å². The summed E-state index contributed by atoms with van der Waals surface area (Å²) in [5, 5.41) is 0. The first-order valence-corrected chi connectivity index (χ1v) is 5.21. The van der Waals surface area contributed by atoms with Crippen molar-refractivity contribution in [2.45, 2.75) is 3.74 Å². The van der Waals surface area contributed by atoms with Crippen molar-refractivity contribution in [2.24, 2.45) is 0 Å². The SMILES string of the molecule is Brc1cncc(C(Br)Br)c1. The fraction of sp³-hybridized carbons (Fsp3) is 0.167. The van der Waals surface area contributed by atoms with E-state index >= 15 is 0 Å². The van der Waals surface area contributed by atoms with Gasteiger partial charge in [-0.2, -0.15) is 0 Å². The summed E-state index contributed by atoms with van der Waals surface area (Å²) in [7, 11) is 0. The molecule has 0 bridgehead atoms. The lowest BCUT2D eigenvalue weighted by Crippen LogP contribution is -1.81. The summed E-state index contributed by atoms with van der Waals surface area (Å²) in [4.78, 5) is 4.00. The van der Waals surface area contributed by atoms with Crippen LogP contribution >= 0.6 is 47.8 Å². The molecule has 0 atom stereocenters. The molecule has 0 spiro atoms. The number of aromatic nitrogens is 1. The Hall–Kier alpha value is 0.590. The second kappa shape index (κ2) is 3.83. The van der Waals surface area contributed by atoms with Crippen LogP contribution in [0.25, 0.3) is 0 Å². The summed E-state index contributed by atoms with van der Waals surface area (Å²) in [6.45, 7) is 0. The normalized spacial score (nSPS) is 10.4. The molecule has 0 aliphatic rings. The highest BCUT2D eigenvalue weighted by Gasteiger charge is 2.01. The Bertz CT molecular complexity index is 224. The van der Waals surface area contributed by atoms with Gasteiger partial charge in [0, 0.05) is 16.9 Å². The Morgan fingerprint density at radius 3 is 2.40 bits per heavy atom. The maximum absolute atomic E-state index is 4.00. The van der Waals surface area contributed by atoms with Crippen molar-refractivity contribution < 1.29 is 0 Å². The van der Waals surface area contributed by atoms with Gasteiger partial charge in [-0.15, -0.1) is 0 Å². The second-order valence-electron chi connectivity index (χ2n) is 1.74. The number of hydrogen-bond acceptors (Lipinski definition) is 1. The Balaban J connectivity index is 2.96. The Morgan fingerprint density at radius 1 is 1.30 bits per heavy atom. The molecule has 0 saturated carbocycles. The predicted molar refractivity (Wildman–Crippen MR) is 52.5 cm³/mol. The quantitative estimate of drug-likeness (QED) is 0.717. The van der Waals surface area contributed by atoms with E-state index in [4.69, 9.17) is 0 Å². The monoisotopic (exact) mass is 327 g/mol. The number of rotatable bonds is 1. The van der Waals surface area contributed by atoms with E-state index in [0.717, 1.165) is 10.0 Å². The molecule has 0 unspecified atom stereocenters. The van der Waals surface area contributed by atoms with Gasteiger partial charge in [0.05, 0.1) is 3.74 Å². The predicted octanol–water partition coefficient (Wildman–Crippen LogP) is 3.63. The van der Waals surface area contributed by atoms with Crippen LogP contribution in [0.3, 0.4) is 0 Å². The van der Waals surface area contributed by atoms with E-state index in [0.29, 0.717) is 0 Å². The van der Waals surface area contributed by atoms with Crippen molar-refractivity contribution >= 4 is 47.8 Å². The van der Waals surface area contributed by atoms with Crippen molar-refractivity contribution in [1.82, 2.24) is 4.98 Å². The van der Waals surface area contributed by atoms with Gasteiger partial charge in [-0.3, -0.25) is 4.98 Å². The summed E-state index contributed by atoms with van der Waals surface area (Å²) in [5.41, 5.74) is 1.11. The van der Waals surface area contributed by atoms with E-state index < -0.39 is 0 Å². The molecule has 10 heavy (non-hydrogen) atoms. The van der Waals surface area contributed by atoms with Gasteiger partial charge >= 0.3 is 0 Å². The zero-order valence-electron chi connectivity index (χ0n) is 4.89. The van der Waals surface area contributed by atoms with Gasteiger partial charge in [0.15, 0.2) is 0 Å². The Morgan fingerprint density at radius 2 is 2.00 bits per heavy atom. The van der Waals surface area contributed by atoms with Gasteiger partial charge in [-0.1, -0.05) is 31.9 Å². The van der Waals surface area contributed by atoms with E-state index in [9.17, 15) is 0 Å². The largest absolute Gasteiger partial charge is 0.263 e. The van der Waals surface area contributed by atoms with Gasteiger partial charge in [0.1, 0.15) is 0 Å². The molecule has 0 radical (unpaired) electrons. The van der Waals surface area contributed by atoms with E-state index in [1.165, 1.54) is 0 Å². The fourth-order valence-corrected chi connectivity index (χ4v) is 1.43. The third-order valence-corrected chi connectivity index (χ3v) is 2.47. The van der Waals surface area contributed by atoms with Crippen LogP contribution in [-0.2, 0) is 0 Å². The first kappa shape index (κ1) is 8.68. The highest BCUT2D eigenvalue weighted by Crippen LogP contribution is 2.29. The van der Waals surface area contributed by atoms with Crippen LogP contribution in [0.4, 0.5) is 0 Å². The molecule has 1 aromatic rings. The van der Waals surface area contributed by atoms with Crippen LogP contribution in [0.15, 0.2) is 22.9 Å². The summed E-state index contributed by atoms with van der Waals surface area (Å²) in [5.74, 6) is 0. The minimum Gasteiger partial charge on any atom is -0.263 e. The number of alkyl halides is 2. The zero-order chi connectivity index (χ0) is 7.56. The highest BCUT2D eigenvalue weighted by molar-refractivity contribution is 9.24. The number of halogens is 3. The molecule has 0 fully saturated rings. The molecule has 0 amide bonds. The van der Waals surface area contributed by atoms with E-state index in [1.54, 1.807) is 12.4 Å². The maximum Gasteiger partial charge on any atom is 0.0961 e. The third kappa shape index (κ3) is 2.32. The summed E-state index contributed by atoms with van der Waals surface area (Å²) < 4.78 is 1.18. The smallest absolute Gasteiger partial charge is 0.0961 e. The topological polar surface area (TPSA) is 12.9 Å². The van der Waals surface area contributed by atoms with Crippen LogP contribution in [0.2, 0.25) is 0 Å². The minimum atomic E-state index is 0.185. The van der Waals surface area contributed by atoms with Crippen LogP contribution < -0.4 is 0 Å². The molecule has 1 aromatic heterocycles. The van der Waals surface area contributed by atoms with Gasteiger partial charge in [-0.05, 0) is 27.6 Å². The molecule has 0 N–H and O–H groups in total. The third-order valence-electron chi connectivity index (χ3n) is 0.978. The van der Waals surface area contributed by atoms with E-state index in [2.05, 4.69) is 52.8 Å². The standard InChI is InChI=1S/C6H4Br3N/c7-5-1-4(6(8)9)2-10-3-5/h1-3,6H. The molecule has 0 aromatic carbocycles. The van der Waals surface area contributed by atoms with Crippen molar-refractivity contribution in [1.29, 1.82) is 0 Å². The lowest BCUT2D eigenvalue weighted by Gasteiger charge is -1.99. The van der Waals surface area contributed by atoms with Gasteiger partial charge in [0.2, 0.25) is 0 Å². The molecule has 0 aliphatic heterocycles. The van der Waals surface area contributed by atoms with Crippen molar-refractivity contribution in [3.63, 3.8) is 0 Å². The molecule has 1 nitrogen and oxygen atoms in total. The average molecular weight is 330 g/mol. The minimum absolute atomic E-state index is 0.185. The lowest BCUT2D eigenvalue weighted by molar-refractivity contribution is 1.24. The van der Waals surface area contributed by atoms with Crippen molar-refractivity contribution in [3.05, 3.63) is 28.5 Å². The molecular weight excluding hydrogens is 326 g/mol. The summed E-state index contributed by atoms with van der Waals surface area (Å²) in [6.07, 6.45) is 3.56. The maximum atomic E-state index is 4.00. The average Bonchev–Trinajstić information content (AvgIpc) is 1.88. The molecule has 0 saturated heterocycles. The van der Waals surface area contributed by atoms with E-state index in [1.807, 2.05) is 6.07 Å². The molecule has 54 valence electrons. The number of hydrogen-bond donors (Lipinski definition) is 0. The van der Waals surface area contributed by atoms with E-state index in [-0.39, 0.29) is 3.74 Å². The van der Waals surface area contributed by atoms with Crippen LogP contribution in [0.1, 0.15) is 9.30 Å². The fourth-order valence-electron chi connectivity index (χ4n) is 0.548. The molecule has 4 heteroatoms. The first-order chi connectivity index (χ1) is 4.70. The zero-order valence-corrected chi connectivity index (χ0v) is 9.65. The first-order valence-electron chi connectivity index (χ1n) is 2.59. The summed E-state index contributed by atoms with van der Waals surface area (Å²) >= 11 is 10.1. The Labute approximate surface area is 84.6 Å². The second-order valence-corrected chi connectivity index (χ2v) is 5.71. The van der Waals surface area contributed by atoms with Gasteiger partial charge in [0.25, 0.3) is 0 Å². The molecule has 1 heterocycles. The lowest BCUT2D eigenvalue weighted by atomic mass is 10.3. The van der Waals surface area contributed by atoms with Crippen LogP contribution in [0, 0.1) is 0 Å². The van der Waals surface area contributed by atoms with Crippen molar-refractivity contribution in [3.8, 4) is 0 Å². The number of pyridine rings is 1. The summed E-state index contributed by atoms with van der Waals surface area (Å²) in [6, 6.07) is 2.00. The molecule has 0 aliphatic carbocycles. The highest BCUT2D eigenvalue weighted by atomic mass is 79.9. The van der Waals surface area contributed by atoms with Gasteiger partial charge in [-0.25, -0.2) is 0 Å². The van der Waals surface area contributed by atoms with Crippen LogP contribution in [0.5, 0.6) is 0 Å². The van der Waals surface area contributed by atoms with Gasteiger partial charge < -0.3 is 0 Å². The molecule has 1 rings (SSSR count). The van der Waals surface area contributed by atoms with Crippen molar-refractivity contribution in [2.75, 3.05) is 0 Å². The Kier molecular flexibility index (Phi) is 3.33. The number of nitrogens with zero attached hydrogens (tertiary/aromatic N) is 1. The molecular formula is C6H4Br3N.